The van der Waals surface area contributed by atoms with E-state index in [1.807, 2.05) is 25.2 Å². The summed E-state index contributed by atoms with van der Waals surface area (Å²) in [6, 6.07) is 5.85. The summed E-state index contributed by atoms with van der Waals surface area (Å²) in [6.07, 6.45) is 10.7. The van der Waals surface area contributed by atoms with E-state index in [4.69, 9.17) is 21.3 Å². The molecule has 5 rings (SSSR count). The van der Waals surface area contributed by atoms with Crippen LogP contribution in [0.5, 0.6) is 5.75 Å². The predicted octanol–water partition coefficient (Wildman–Crippen LogP) is 4.76. The van der Waals surface area contributed by atoms with Crippen molar-refractivity contribution in [3.05, 3.63) is 66.9 Å². The van der Waals surface area contributed by atoms with Crippen LogP contribution >= 0.6 is 11.6 Å². The van der Waals surface area contributed by atoms with E-state index in [1.165, 1.54) is 6.08 Å². The summed E-state index contributed by atoms with van der Waals surface area (Å²) >= 11 is 6.18. The second-order valence-electron chi connectivity index (χ2n) is 9.41. The van der Waals surface area contributed by atoms with E-state index in [9.17, 15) is 4.79 Å². The van der Waals surface area contributed by atoms with E-state index < -0.39 is 0 Å². The van der Waals surface area contributed by atoms with Crippen LogP contribution in [0.15, 0.2) is 61.8 Å². The molecule has 1 fully saturated rings. The molecule has 1 aromatic carbocycles. The molecule has 4 aromatic rings. The molecule has 1 aliphatic rings. The highest BCUT2D eigenvalue weighted by Gasteiger charge is 2.26. The largest absolute Gasteiger partial charge is 0.494 e. The topological polar surface area (TPSA) is 108 Å². The van der Waals surface area contributed by atoms with Gasteiger partial charge in [0.05, 0.1) is 34.7 Å². The number of benzene rings is 1. The number of methoxy groups -OCH3 is 1. The number of carbonyl (C=O) groups excluding carboxylic acids is 1. The zero-order valence-corrected chi connectivity index (χ0v) is 22.7. The van der Waals surface area contributed by atoms with Gasteiger partial charge in [0, 0.05) is 73.2 Å². The zero-order chi connectivity index (χ0) is 27.5. The number of aromatic nitrogens is 4. The van der Waals surface area contributed by atoms with Crippen LogP contribution in [0.25, 0.3) is 22.0 Å². The Morgan fingerprint density at radius 3 is 2.72 bits per heavy atom. The van der Waals surface area contributed by atoms with E-state index in [0.29, 0.717) is 39.7 Å². The van der Waals surface area contributed by atoms with Gasteiger partial charge in [-0.1, -0.05) is 18.2 Å². The number of halogens is 1. The number of fused-ring (bicyclic) bond motifs is 1. The van der Waals surface area contributed by atoms with Gasteiger partial charge in [-0.25, -0.2) is 9.97 Å². The summed E-state index contributed by atoms with van der Waals surface area (Å²) in [5, 5.41) is 7.49. The van der Waals surface area contributed by atoms with Crippen molar-refractivity contribution in [2.24, 2.45) is 0 Å². The number of ether oxygens (including phenoxy) is 1. The van der Waals surface area contributed by atoms with Crippen molar-refractivity contribution in [2.45, 2.75) is 12.5 Å². The molecule has 4 heterocycles. The number of rotatable bonds is 8. The molecule has 0 aliphatic carbocycles. The predicted molar refractivity (Wildman–Crippen MR) is 155 cm³/mol. The summed E-state index contributed by atoms with van der Waals surface area (Å²) in [5.74, 6) is 0.624. The van der Waals surface area contributed by atoms with Crippen LogP contribution in [0.3, 0.4) is 0 Å². The van der Waals surface area contributed by atoms with E-state index in [-0.39, 0.29) is 5.91 Å². The minimum Gasteiger partial charge on any atom is -0.494 e. The van der Waals surface area contributed by atoms with Gasteiger partial charge in [0.1, 0.15) is 5.75 Å². The number of nitrogens with one attached hydrogen (secondary N) is 2. The van der Waals surface area contributed by atoms with Crippen molar-refractivity contribution in [2.75, 3.05) is 49.8 Å². The van der Waals surface area contributed by atoms with E-state index in [2.05, 4.69) is 49.0 Å². The quantitative estimate of drug-likeness (QED) is 0.303. The van der Waals surface area contributed by atoms with Crippen LogP contribution < -0.4 is 20.3 Å². The molecule has 0 radical (unpaired) electrons. The molecular formula is C28H29ClN8O2. The van der Waals surface area contributed by atoms with Gasteiger partial charge in [-0.2, -0.15) is 0 Å². The SMILES string of the molecule is C=CC(=O)Nc1cc(Nc2ncc3cncc(-c4cncc(Cl)c4)c3n2)c(OC)cc1N(C)C1CCN(C)C1. The number of hydrogen-bond acceptors (Lipinski definition) is 9. The van der Waals surface area contributed by atoms with Crippen molar-refractivity contribution >= 4 is 51.4 Å². The smallest absolute Gasteiger partial charge is 0.247 e. The lowest BCUT2D eigenvalue weighted by atomic mass is 10.1. The van der Waals surface area contributed by atoms with Crippen LogP contribution in [-0.2, 0) is 4.79 Å². The molecule has 1 saturated heterocycles. The molecule has 0 spiro atoms. The normalized spacial score (nSPS) is 15.2. The average molecular weight is 545 g/mol. The second-order valence-corrected chi connectivity index (χ2v) is 9.85. The first-order chi connectivity index (χ1) is 18.9. The third kappa shape index (κ3) is 5.62. The van der Waals surface area contributed by atoms with Gasteiger partial charge in [0.2, 0.25) is 11.9 Å². The van der Waals surface area contributed by atoms with Gasteiger partial charge in [0.25, 0.3) is 0 Å². The molecule has 1 unspecified atom stereocenters. The summed E-state index contributed by atoms with van der Waals surface area (Å²) in [6.45, 7) is 5.54. The Hall–Kier alpha value is -4.28. The lowest BCUT2D eigenvalue weighted by Crippen LogP contribution is -2.34. The maximum Gasteiger partial charge on any atom is 0.247 e. The fourth-order valence-electron chi connectivity index (χ4n) is 4.74. The Balaban J connectivity index is 1.54. The van der Waals surface area contributed by atoms with Crippen LogP contribution in [0, 0.1) is 0 Å². The van der Waals surface area contributed by atoms with Crippen molar-refractivity contribution < 1.29 is 9.53 Å². The summed E-state index contributed by atoms with van der Waals surface area (Å²) in [4.78, 5) is 34.6. The van der Waals surface area contributed by atoms with Crippen LogP contribution in [0.2, 0.25) is 5.02 Å². The Morgan fingerprint density at radius 1 is 1.18 bits per heavy atom. The highest BCUT2D eigenvalue weighted by molar-refractivity contribution is 6.30. The minimum absolute atomic E-state index is 0.301. The molecule has 3 aromatic heterocycles. The fraction of sp³-hybridized carbons (Fsp3) is 0.250. The molecule has 10 nitrogen and oxygen atoms in total. The van der Waals surface area contributed by atoms with Gasteiger partial charge < -0.3 is 25.2 Å². The van der Waals surface area contributed by atoms with Gasteiger partial charge in [-0.05, 0) is 38.2 Å². The molecule has 11 heteroatoms. The number of amides is 1. The lowest BCUT2D eigenvalue weighted by molar-refractivity contribution is -0.111. The Bertz CT molecular complexity index is 1550. The number of likely N-dealkylation sites (tertiary alicyclic amines) is 1. The number of pyridine rings is 2. The molecule has 0 saturated carbocycles. The van der Waals surface area contributed by atoms with E-state index in [0.717, 1.165) is 41.7 Å². The highest BCUT2D eigenvalue weighted by Crippen LogP contribution is 2.39. The summed E-state index contributed by atoms with van der Waals surface area (Å²) < 4.78 is 5.75. The Morgan fingerprint density at radius 2 is 2.00 bits per heavy atom. The molecule has 2 N–H and O–H groups in total. The van der Waals surface area contributed by atoms with Crippen LogP contribution in [0.1, 0.15) is 6.42 Å². The first-order valence-electron chi connectivity index (χ1n) is 12.4. The zero-order valence-electron chi connectivity index (χ0n) is 22.0. The maximum atomic E-state index is 12.3. The molecule has 0 bridgehead atoms. The van der Waals surface area contributed by atoms with Crippen LogP contribution in [-0.4, -0.2) is 71.1 Å². The van der Waals surface area contributed by atoms with Gasteiger partial charge in [0.15, 0.2) is 0 Å². The third-order valence-electron chi connectivity index (χ3n) is 6.81. The standard InChI is InChI=1S/C28H29ClN8O2/c1-5-26(38)33-22-9-23(25(39-4)10-24(22)37(3)20-6-7-36(2)16-20)34-28-32-13-18-12-31-15-21(27(18)35-28)17-8-19(29)14-30-11-17/h5,8-15,20H,1,6-7,16H2,2-4H3,(H,33,38)(H,32,34,35). The van der Waals surface area contributed by atoms with Gasteiger partial charge in [-0.3, -0.25) is 14.8 Å². The molecule has 1 amide bonds. The molecule has 1 atom stereocenters. The molecule has 200 valence electrons. The Labute approximate surface area is 231 Å². The minimum atomic E-state index is -0.307. The number of likely N-dealkylation sites (N-methyl/N-ethyl adjacent to an activating group) is 2. The second kappa shape index (κ2) is 11.2. The van der Waals surface area contributed by atoms with Crippen LogP contribution in [0.4, 0.5) is 23.0 Å². The Kier molecular flexibility index (Phi) is 7.58. The molecule has 1 aliphatic heterocycles. The van der Waals surface area contributed by atoms with Gasteiger partial charge >= 0.3 is 0 Å². The van der Waals surface area contributed by atoms with Crippen molar-refractivity contribution in [3.8, 4) is 16.9 Å². The lowest BCUT2D eigenvalue weighted by Gasteiger charge is -2.29. The number of carbonyl (C=O) groups is 1. The molecular weight excluding hydrogens is 516 g/mol. The third-order valence-corrected chi connectivity index (χ3v) is 7.01. The monoisotopic (exact) mass is 544 g/mol. The summed E-state index contributed by atoms with van der Waals surface area (Å²) in [7, 11) is 5.74. The van der Waals surface area contributed by atoms with E-state index in [1.54, 1.807) is 38.1 Å². The maximum absolute atomic E-state index is 12.3. The average Bonchev–Trinajstić information content (AvgIpc) is 3.38. The number of nitrogens with zero attached hydrogens (tertiary/aromatic N) is 6. The fourth-order valence-corrected chi connectivity index (χ4v) is 4.92. The number of hydrogen-bond donors (Lipinski definition) is 2. The summed E-state index contributed by atoms with van der Waals surface area (Å²) in [5.41, 5.74) is 4.31. The van der Waals surface area contributed by atoms with Crippen molar-refractivity contribution in [1.29, 1.82) is 0 Å². The number of anilines is 4. The first kappa shape index (κ1) is 26.3. The highest BCUT2D eigenvalue weighted by atomic mass is 35.5. The van der Waals surface area contributed by atoms with Crippen molar-refractivity contribution in [1.82, 2.24) is 24.8 Å². The van der Waals surface area contributed by atoms with Gasteiger partial charge in [-0.15, -0.1) is 0 Å². The van der Waals surface area contributed by atoms with E-state index >= 15 is 0 Å². The first-order valence-corrected chi connectivity index (χ1v) is 12.8. The van der Waals surface area contributed by atoms with Crippen molar-refractivity contribution in [3.63, 3.8) is 0 Å². The molecule has 39 heavy (non-hydrogen) atoms.